The minimum absolute atomic E-state index is 0.0195. The van der Waals surface area contributed by atoms with Gasteiger partial charge in [-0.3, -0.25) is 4.79 Å². The highest BCUT2D eigenvalue weighted by atomic mass is 79.9. The van der Waals surface area contributed by atoms with E-state index in [9.17, 15) is 4.79 Å². The van der Waals surface area contributed by atoms with Crippen LogP contribution in [0.2, 0.25) is 0 Å². The lowest BCUT2D eigenvalue weighted by atomic mass is 9.99. The molecule has 2 rings (SSSR count). The van der Waals surface area contributed by atoms with Crippen LogP contribution in [-0.4, -0.2) is 21.3 Å². The monoisotopic (exact) mass is 312 g/mol. The van der Waals surface area contributed by atoms with Crippen LogP contribution in [0.3, 0.4) is 0 Å². The quantitative estimate of drug-likeness (QED) is 0.943. The Hall–Kier alpha value is -1.27. The molecule has 0 amide bonds. The Labute approximate surface area is 110 Å². The van der Waals surface area contributed by atoms with Gasteiger partial charge in [-0.2, -0.15) is 10.2 Å². The van der Waals surface area contributed by atoms with Crippen molar-refractivity contribution in [2.75, 3.05) is 0 Å². The van der Waals surface area contributed by atoms with Gasteiger partial charge in [-0.05, 0) is 34.1 Å². The molecule has 88 valence electrons. The second-order valence-electron chi connectivity index (χ2n) is 3.47. The van der Waals surface area contributed by atoms with E-state index in [1.54, 1.807) is 18.3 Å². The first-order valence-electron chi connectivity index (χ1n) is 4.90. The molecule has 0 radical (unpaired) electrons. The van der Waals surface area contributed by atoms with Gasteiger partial charge in [-0.15, -0.1) is 11.3 Å². The van der Waals surface area contributed by atoms with E-state index in [0.717, 1.165) is 9.35 Å². The fourth-order valence-corrected chi connectivity index (χ4v) is 3.09. The lowest BCUT2D eigenvalue weighted by molar-refractivity contribution is -0.137. The molecule has 2 heterocycles. The first-order valence-corrected chi connectivity index (χ1v) is 6.57. The van der Waals surface area contributed by atoms with Gasteiger partial charge in [0, 0.05) is 26.8 Å². The van der Waals surface area contributed by atoms with E-state index in [1.807, 2.05) is 11.4 Å². The maximum absolute atomic E-state index is 10.9. The van der Waals surface area contributed by atoms with Crippen molar-refractivity contribution in [1.82, 2.24) is 10.2 Å². The summed E-state index contributed by atoms with van der Waals surface area (Å²) in [7, 11) is 0. The Morgan fingerprint density at radius 2 is 2.41 bits per heavy atom. The van der Waals surface area contributed by atoms with Crippen molar-refractivity contribution in [3.05, 3.63) is 44.8 Å². The topological polar surface area (TPSA) is 63.1 Å². The molecule has 1 unspecified atom stereocenters. The Morgan fingerprint density at radius 1 is 1.59 bits per heavy atom. The number of aliphatic carboxylic acids is 1. The summed E-state index contributed by atoms with van der Waals surface area (Å²) in [5.74, 6) is -1.08. The van der Waals surface area contributed by atoms with Gasteiger partial charge in [-0.1, -0.05) is 0 Å². The minimum atomic E-state index is -0.842. The van der Waals surface area contributed by atoms with Crippen molar-refractivity contribution >= 4 is 33.2 Å². The van der Waals surface area contributed by atoms with Crippen molar-refractivity contribution in [2.24, 2.45) is 0 Å². The third kappa shape index (κ3) is 3.10. The van der Waals surface area contributed by atoms with Crippen molar-refractivity contribution in [1.29, 1.82) is 0 Å². The molecular weight excluding hydrogens is 304 g/mol. The fourth-order valence-electron chi connectivity index (χ4n) is 1.54. The zero-order valence-corrected chi connectivity index (χ0v) is 11.1. The van der Waals surface area contributed by atoms with E-state index in [0.29, 0.717) is 5.69 Å². The van der Waals surface area contributed by atoms with Crippen molar-refractivity contribution < 1.29 is 9.90 Å². The summed E-state index contributed by atoms with van der Waals surface area (Å²) in [5.41, 5.74) is 0.684. The highest BCUT2D eigenvalue weighted by molar-refractivity contribution is 9.10. The van der Waals surface area contributed by atoms with Crippen molar-refractivity contribution in [3.8, 4) is 0 Å². The van der Waals surface area contributed by atoms with E-state index in [-0.39, 0.29) is 12.3 Å². The largest absolute Gasteiger partial charge is 0.481 e. The zero-order valence-electron chi connectivity index (χ0n) is 8.71. The maximum Gasteiger partial charge on any atom is 0.304 e. The average Bonchev–Trinajstić information content (AvgIpc) is 2.73. The summed E-state index contributed by atoms with van der Waals surface area (Å²) < 4.78 is 0.955. The number of rotatable bonds is 4. The molecule has 1 atom stereocenters. The van der Waals surface area contributed by atoms with E-state index in [2.05, 4.69) is 26.1 Å². The number of carboxylic acid groups (broad SMARTS) is 1. The molecule has 0 aliphatic heterocycles. The van der Waals surface area contributed by atoms with Crippen molar-refractivity contribution in [3.63, 3.8) is 0 Å². The minimum Gasteiger partial charge on any atom is -0.481 e. The Balaban J connectivity index is 2.35. The molecule has 0 saturated heterocycles. The van der Waals surface area contributed by atoms with Gasteiger partial charge in [0.2, 0.25) is 0 Å². The lowest BCUT2D eigenvalue weighted by Gasteiger charge is -2.11. The summed E-state index contributed by atoms with van der Waals surface area (Å²) in [6, 6.07) is 5.49. The van der Waals surface area contributed by atoms with Crippen LogP contribution >= 0.6 is 27.3 Å². The molecule has 0 fully saturated rings. The summed E-state index contributed by atoms with van der Waals surface area (Å²) in [6.07, 6.45) is 1.59. The molecule has 2 aromatic heterocycles. The highest BCUT2D eigenvalue weighted by Gasteiger charge is 2.21. The predicted molar refractivity (Wildman–Crippen MR) is 68.1 cm³/mol. The summed E-state index contributed by atoms with van der Waals surface area (Å²) in [4.78, 5) is 11.9. The second-order valence-corrected chi connectivity index (χ2v) is 5.32. The van der Waals surface area contributed by atoms with Gasteiger partial charge < -0.3 is 5.11 Å². The number of hydrogen-bond acceptors (Lipinski definition) is 4. The average molecular weight is 313 g/mol. The third-order valence-corrected chi connectivity index (χ3v) is 4.07. The molecule has 4 nitrogen and oxygen atoms in total. The van der Waals surface area contributed by atoms with E-state index < -0.39 is 5.97 Å². The van der Waals surface area contributed by atoms with Gasteiger partial charge >= 0.3 is 5.97 Å². The Morgan fingerprint density at radius 3 is 2.94 bits per heavy atom. The number of carboxylic acids is 1. The van der Waals surface area contributed by atoms with Gasteiger partial charge in [0.15, 0.2) is 0 Å². The first kappa shape index (κ1) is 12.2. The first-order chi connectivity index (χ1) is 8.16. The van der Waals surface area contributed by atoms with Crippen LogP contribution < -0.4 is 0 Å². The molecule has 6 heteroatoms. The lowest BCUT2D eigenvalue weighted by Crippen LogP contribution is -2.08. The molecule has 2 aromatic rings. The zero-order chi connectivity index (χ0) is 12.3. The summed E-state index contributed by atoms with van der Waals surface area (Å²) in [5, 5.41) is 18.7. The van der Waals surface area contributed by atoms with Crippen LogP contribution in [0.1, 0.15) is 22.9 Å². The number of thiophene rings is 1. The van der Waals surface area contributed by atoms with Crippen LogP contribution in [0.25, 0.3) is 0 Å². The van der Waals surface area contributed by atoms with Gasteiger partial charge in [0.05, 0.1) is 12.1 Å². The van der Waals surface area contributed by atoms with E-state index in [1.165, 1.54) is 11.3 Å². The standard InChI is InChI=1S/C11H9BrN2O2S/c12-7-4-10(17-6-7)8(5-11(15)16)9-2-1-3-13-14-9/h1-4,6,8H,5H2,(H,15,16). The van der Waals surface area contributed by atoms with Gasteiger partial charge in [0.1, 0.15) is 0 Å². The molecule has 0 bridgehead atoms. The maximum atomic E-state index is 10.9. The van der Waals surface area contributed by atoms with Crippen LogP contribution in [0, 0.1) is 0 Å². The molecule has 1 N–H and O–H groups in total. The summed E-state index contributed by atoms with van der Waals surface area (Å²) in [6.45, 7) is 0. The number of halogens is 1. The van der Waals surface area contributed by atoms with Crippen LogP contribution in [0.4, 0.5) is 0 Å². The smallest absolute Gasteiger partial charge is 0.304 e. The van der Waals surface area contributed by atoms with Crippen LogP contribution in [0.5, 0.6) is 0 Å². The van der Waals surface area contributed by atoms with Crippen LogP contribution in [0.15, 0.2) is 34.2 Å². The normalized spacial score (nSPS) is 12.3. The molecule has 0 saturated carbocycles. The van der Waals surface area contributed by atoms with E-state index in [4.69, 9.17) is 5.11 Å². The highest BCUT2D eigenvalue weighted by Crippen LogP contribution is 2.32. The number of hydrogen-bond donors (Lipinski definition) is 1. The Kier molecular flexibility index (Phi) is 3.86. The predicted octanol–water partition coefficient (Wildman–Crippen LogP) is 2.91. The molecular formula is C11H9BrN2O2S. The molecule has 0 aliphatic rings. The molecule has 17 heavy (non-hydrogen) atoms. The SMILES string of the molecule is O=C(O)CC(c1cccnn1)c1cc(Br)cs1. The molecule has 0 aliphatic carbocycles. The van der Waals surface area contributed by atoms with Crippen molar-refractivity contribution in [2.45, 2.75) is 12.3 Å². The van der Waals surface area contributed by atoms with Gasteiger partial charge in [0.25, 0.3) is 0 Å². The molecule has 0 spiro atoms. The number of carbonyl (C=O) groups is 1. The Bertz CT molecular complexity index is 515. The fraction of sp³-hybridized carbons (Fsp3) is 0.182. The summed E-state index contributed by atoms with van der Waals surface area (Å²) >= 11 is 4.88. The second kappa shape index (κ2) is 5.37. The third-order valence-electron chi connectivity index (χ3n) is 2.26. The molecule has 0 aromatic carbocycles. The number of nitrogens with zero attached hydrogens (tertiary/aromatic N) is 2. The van der Waals surface area contributed by atoms with Gasteiger partial charge in [-0.25, -0.2) is 0 Å². The van der Waals surface area contributed by atoms with Crippen LogP contribution in [-0.2, 0) is 4.79 Å². The van der Waals surface area contributed by atoms with E-state index >= 15 is 0 Å². The number of aromatic nitrogens is 2.